The van der Waals surface area contributed by atoms with E-state index in [0.29, 0.717) is 12.8 Å². The fourth-order valence-electron chi connectivity index (χ4n) is 2.90. The number of methoxy groups -OCH3 is 1. The molecule has 0 spiro atoms. The van der Waals surface area contributed by atoms with E-state index in [1.54, 1.807) is 13.3 Å². The molecule has 0 aliphatic carbocycles. The number of rotatable bonds is 6. The van der Waals surface area contributed by atoms with Gasteiger partial charge in [0.2, 0.25) is 5.91 Å². The van der Waals surface area contributed by atoms with Crippen molar-refractivity contribution in [3.8, 4) is 5.75 Å². The van der Waals surface area contributed by atoms with E-state index >= 15 is 0 Å². The van der Waals surface area contributed by atoms with Crippen LogP contribution >= 0.6 is 0 Å². The van der Waals surface area contributed by atoms with E-state index < -0.39 is 0 Å². The molecule has 126 valence electrons. The van der Waals surface area contributed by atoms with Crippen LogP contribution in [0, 0.1) is 0 Å². The molecule has 1 aromatic carbocycles. The van der Waals surface area contributed by atoms with E-state index in [1.165, 1.54) is 12.8 Å². The van der Waals surface area contributed by atoms with Crippen molar-refractivity contribution >= 4 is 17.4 Å². The zero-order valence-corrected chi connectivity index (χ0v) is 14.0. The molecule has 1 aromatic heterocycles. The number of carbonyl (C=O) groups excluding carboxylic acids is 1. The average molecular weight is 325 g/mol. The van der Waals surface area contributed by atoms with Crippen molar-refractivity contribution in [1.29, 1.82) is 0 Å². The molecule has 1 N–H and O–H groups in total. The number of aromatic nitrogens is 1. The molecule has 0 atom stereocenters. The van der Waals surface area contributed by atoms with Gasteiger partial charge < -0.3 is 15.0 Å². The second-order valence-corrected chi connectivity index (χ2v) is 6.00. The molecule has 0 unspecified atom stereocenters. The van der Waals surface area contributed by atoms with Gasteiger partial charge in [-0.25, -0.2) is 4.98 Å². The second-order valence-electron chi connectivity index (χ2n) is 6.00. The van der Waals surface area contributed by atoms with Crippen LogP contribution in [0.4, 0.5) is 11.5 Å². The van der Waals surface area contributed by atoms with Crippen LogP contribution < -0.4 is 15.0 Å². The van der Waals surface area contributed by atoms with Gasteiger partial charge in [0.15, 0.2) is 0 Å². The normalized spacial score (nSPS) is 13.8. The van der Waals surface area contributed by atoms with E-state index in [9.17, 15) is 4.79 Å². The van der Waals surface area contributed by atoms with Crippen molar-refractivity contribution in [1.82, 2.24) is 4.98 Å². The minimum absolute atomic E-state index is 0.00598. The number of nitrogens with one attached hydrogen (secondary N) is 1. The molecule has 24 heavy (non-hydrogen) atoms. The number of amides is 1. The number of benzene rings is 1. The van der Waals surface area contributed by atoms with Gasteiger partial charge in [-0.1, -0.05) is 12.1 Å². The highest BCUT2D eigenvalue weighted by Gasteiger charge is 2.13. The fraction of sp³-hybridized carbons (Fsp3) is 0.368. The maximum Gasteiger partial charge on any atom is 0.224 e. The first kappa shape index (κ1) is 16.3. The van der Waals surface area contributed by atoms with Crippen LogP contribution in [-0.2, 0) is 11.2 Å². The number of nitrogens with zero attached hydrogens (tertiary/aromatic N) is 2. The first-order valence-corrected chi connectivity index (χ1v) is 8.38. The molecule has 1 amide bonds. The Morgan fingerprint density at radius 1 is 1.25 bits per heavy atom. The summed E-state index contributed by atoms with van der Waals surface area (Å²) in [6.07, 6.45) is 5.30. The Bertz CT molecular complexity index is 679. The molecule has 5 heteroatoms. The molecule has 1 fully saturated rings. The average Bonchev–Trinajstić information content (AvgIpc) is 3.15. The van der Waals surface area contributed by atoms with Gasteiger partial charge in [-0.15, -0.1) is 0 Å². The zero-order chi connectivity index (χ0) is 16.8. The Morgan fingerprint density at radius 3 is 2.79 bits per heavy atom. The summed E-state index contributed by atoms with van der Waals surface area (Å²) in [5.41, 5.74) is 1.83. The van der Waals surface area contributed by atoms with Crippen molar-refractivity contribution < 1.29 is 9.53 Å². The molecule has 5 nitrogen and oxygen atoms in total. The Hall–Kier alpha value is -2.56. The predicted octanol–water partition coefficient (Wildman–Crippen LogP) is 3.26. The lowest BCUT2D eigenvalue weighted by Gasteiger charge is -2.16. The first-order valence-electron chi connectivity index (χ1n) is 8.38. The van der Waals surface area contributed by atoms with Crippen LogP contribution in [0.25, 0.3) is 0 Å². The number of ether oxygens (including phenoxy) is 1. The minimum atomic E-state index is -0.00598. The molecule has 2 heterocycles. The van der Waals surface area contributed by atoms with Crippen LogP contribution in [0.1, 0.15) is 24.8 Å². The summed E-state index contributed by atoms with van der Waals surface area (Å²) >= 11 is 0. The van der Waals surface area contributed by atoms with Gasteiger partial charge in [0.1, 0.15) is 11.6 Å². The zero-order valence-electron chi connectivity index (χ0n) is 14.0. The van der Waals surface area contributed by atoms with Crippen molar-refractivity contribution in [2.24, 2.45) is 0 Å². The Labute approximate surface area is 142 Å². The van der Waals surface area contributed by atoms with Crippen LogP contribution in [0.5, 0.6) is 5.75 Å². The lowest BCUT2D eigenvalue weighted by Crippen LogP contribution is -2.19. The number of hydrogen-bond acceptors (Lipinski definition) is 4. The summed E-state index contributed by atoms with van der Waals surface area (Å²) in [7, 11) is 1.64. The van der Waals surface area contributed by atoms with Crippen LogP contribution in [-0.4, -0.2) is 31.1 Å². The number of carbonyl (C=O) groups is 1. The highest BCUT2D eigenvalue weighted by Crippen LogP contribution is 2.19. The summed E-state index contributed by atoms with van der Waals surface area (Å²) in [5, 5.41) is 2.91. The summed E-state index contributed by atoms with van der Waals surface area (Å²) in [5.74, 6) is 1.80. The molecule has 1 saturated heterocycles. The molecule has 0 bridgehead atoms. The quantitative estimate of drug-likeness (QED) is 0.886. The molecular formula is C19H23N3O2. The molecule has 1 aliphatic rings. The Balaban J connectivity index is 1.50. The number of anilines is 2. The predicted molar refractivity (Wildman–Crippen MR) is 95.6 cm³/mol. The van der Waals surface area contributed by atoms with Gasteiger partial charge >= 0.3 is 0 Å². The lowest BCUT2D eigenvalue weighted by atomic mass is 10.1. The molecule has 3 rings (SSSR count). The monoisotopic (exact) mass is 325 g/mol. The first-order chi connectivity index (χ1) is 11.7. The molecule has 2 aromatic rings. The maximum absolute atomic E-state index is 12.1. The van der Waals surface area contributed by atoms with Gasteiger partial charge in [0, 0.05) is 19.5 Å². The molecule has 0 radical (unpaired) electrons. The summed E-state index contributed by atoms with van der Waals surface area (Å²) in [6, 6.07) is 11.7. The van der Waals surface area contributed by atoms with Gasteiger partial charge in [-0.3, -0.25) is 4.79 Å². The summed E-state index contributed by atoms with van der Waals surface area (Å²) in [6.45, 7) is 2.14. The number of hydrogen-bond donors (Lipinski definition) is 1. The maximum atomic E-state index is 12.1. The summed E-state index contributed by atoms with van der Waals surface area (Å²) in [4.78, 5) is 18.8. The smallest absolute Gasteiger partial charge is 0.224 e. The second kappa shape index (κ2) is 7.81. The van der Waals surface area contributed by atoms with Gasteiger partial charge in [-0.05, 0) is 49.1 Å². The largest absolute Gasteiger partial charge is 0.497 e. The van der Waals surface area contributed by atoms with Crippen molar-refractivity contribution in [2.45, 2.75) is 25.7 Å². The Morgan fingerprint density at radius 2 is 2.08 bits per heavy atom. The molecule has 1 aliphatic heterocycles. The third-order valence-electron chi connectivity index (χ3n) is 4.24. The third-order valence-corrected chi connectivity index (χ3v) is 4.24. The van der Waals surface area contributed by atoms with Gasteiger partial charge in [0.05, 0.1) is 19.0 Å². The van der Waals surface area contributed by atoms with E-state index in [2.05, 4.69) is 15.2 Å². The van der Waals surface area contributed by atoms with E-state index in [-0.39, 0.29) is 5.91 Å². The topological polar surface area (TPSA) is 54.5 Å². The van der Waals surface area contributed by atoms with E-state index in [4.69, 9.17) is 4.74 Å². The fourth-order valence-corrected chi connectivity index (χ4v) is 2.90. The lowest BCUT2D eigenvalue weighted by molar-refractivity contribution is -0.116. The third kappa shape index (κ3) is 4.25. The van der Waals surface area contributed by atoms with Gasteiger partial charge in [-0.2, -0.15) is 0 Å². The number of pyridine rings is 1. The van der Waals surface area contributed by atoms with Crippen LogP contribution in [0.15, 0.2) is 42.6 Å². The highest BCUT2D eigenvalue weighted by molar-refractivity contribution is 5.90. The van der Waals surface area contributed by atoms with E-state index in [0.717, 1.165) is 35.9 Å². The van der Waals surface area contributed by atoms with E-state index in [1.807, 2.05) is 36.4 Å². The number of aryl methyl sites for hydroxylation is 1. The highest BCUT2D eigenvalue weighted by atomic mass is 16.5. The van der Waals surface area contributed by atoms with Crippen molar-refractivity contribution in [3.63, 3.8) is 0 Å². The van der Waals surface area contributed by atoms with Crippen molar-refractivity contribution in [3.05, 3.63) is 48.2 Å². The van der Waals surface area contributed by atoms with Crippen LogP contribution in [0.2, 0.25) is 0 Å². The summed E-state index contributed by atoms with van der Waals surface area (Å²) < 4.78 is 5.20. The van der Waals surface area contributed by atoms with Crippen molar-refractivity contribution in [2.75, 3.05) is 30.4 Å². The minimum Gasteiger partial charge on any atom is -0.497 e. The van der Waals surface area contributed by atoms with Crippen LogP contribution in [0.3, 0.4) is 0 Å². The molecule has 0 saturated carbocycles. The van der Waals surface area contributed by atoms with Gasteiger partial charge in [0.25, 0.3) is 0 Å². The SMILES string of the molecule is COc1cccc(CCC(=O)Nc2ccc(N3CCCC3)nc2)c1. The standard InChI is InChI=1S/C19H23N3O2/c1-24-17-6-4-5-15(13-17)7-10-19(23)21-16-8-9-18(20-14-16)22-11-2-3-12-22/h4-6,8-9,13-14H,2-3,7,10-12H2,1H3,(H,21,23). The Kier molecular flexibility index (Phi) is 5.31. The molecular weight excluding hydrogens is 302 g/mol.